The molecule has 1 aliphatic heterocycles. The number of H-pyrrole nitrogens is 1. The molecule has 8 nitrogen and oxygen atoms in total. The van der Waals surface area contributed by atoms with Crippen molar-refractivity contribution in [3.63, 3.8) is 0 Å². The van der Waals surface area contributed by atoms with Gasteiger partial charge in [-0.2, -0.15) is 14.7 Å². The van der Waals surface area contributed by atoms with Crippen LogP contribution in [0.15, 0.2) is 72.1 Å². The number of rotatable bonds is 5. The van der Waals surface area contributed by atoms with Gasteiger partial charge in [-0.15, -0.1) is 0 Å². The lowest BCUT2D eigenvalue weighted by Gasteiger charge is -2.47. The molecule has 4 aromatic rings. The molecule has 9 heteroatoms. The number of aromatic nitrogens is 4. The maximum Gasteiger partial charge on any atom is 0.243 e. The molecule has 150 valence electrons. The molecule has 1 fully saturated rings. The van der Waals surface area contributed by atoms with Crippen LogP contribution < -0.4 is 0 Å². The first-order valence-electron chi connectivity index (χ1n) is 9.43. The minimum atomic E-state index is -3.60. The average molecular weight is 418 g/mol. The van der Waals surface area contributed by atoms with Gasteiger partial charge in [0.2, 0.25) is 10.0 Å². The summed E-state index contributed by atoms with van der Waals surface area (Å²) in [7, 11) is -3.60. The van der Waals surface area contributed by atoms with Gasteiger partial charge >= 0.3 is 0 Å². The molecule has 1 aliphatic rings. The highest BCUT2D eigenvalue weighted by molar-refractivity contribution is 7.89. The molecular weight excluding hydrogens is 400 g/mol. The largest absolute Gasteiger partial charge is 0.346 e. The van der Waals surface area contributed by atoms with E-state index in [-0.39, 0.29) is 24.4 Å². The molecule has 0 spiro atoms. The third kappa shape index (κ3) is 2.81. The minimum Gasteiger partial charge on any atom is -0.346 e. The van der Waals surface area contributed by atoms with Gasteiger partial charge in [0.25, 0.3) is 0 Å². The zero-order chi connectivity index (χ0) is 20.8. The standard InChI is InChI=1S/C21H18N6O2S/c22-9-8-21(14-26(15-21)30(28,29)17-4-2-1-3-5-17)27-13-16(12-25-27)18-6-10-23-20-19(18)7-11-24-20/h1-7,10-13H,8,14-15H2,(H,23,24). The van der Waals surface area contributed by atoms with Crippen molar-refractivity contribution in [3.05, 3.63) is 67.3 Å². The Morgan fingerprint density at radius 3 is 2.73 bits per heavy atom. The Balaban J connectivity index is 1.46. The van der Waals surface area contributed by atoms with E-state index in [0.717, 1.165) is 22.2 Å². The van der Waals surface area contributed by atoms with Crippen LogP contribution in [0.5, 0.6) is 0 Å². The Morgan fingerprint density at radius 1 is 1.17 bits per heavy atom. The van der Waals surface area contributed by atoms with E-state index in [1.54, 1.807) is 47.4 Å². The molecule has 3 aromatic heterocycles. The zero-order valence-corrected chi connectivity index (χ0v) is 16.7. The Kier molecular flexibility index (Phi) is 4.20. The van der Waals surface area contributed by atoms with Crippen molar-refractivity contribution in [3.8, 4) is 17.2 Å². The molecule has 0 unspecified atom stereocenters. The topological polar surface area (TPSA) is 108 Å². The molecular formula is C21H18N6O2S. The van der Waals surface area contributed by atoms with Crippen LogP contribution in [0.4, 0.5) is 0 Å². The molecule has 0 radical (unpaired) electrons. The Hall–Kier alpha value is -3.48. The highest BCUT2D eigenvalue weighted by Crippen LogP contribution is 2.37. The number of hydrogen-bond acceptors (Lipinski definition) is 5. The van der Waals surface area contributed by atoms with Crippen LogP contribution in [-0.4, -0.2) is 45.6 Å². The van der Waals surface area contributed by atoms with E-state index < -0.39 is 15.6 Å². The molecule has 0 aliphatic carbocycles. The predicted octanol–water partition coefficient (Wildman–Crippen LogP) is 2.74. The van der Waals surface area contributed by atoms with Crippen molar-refractivity contribution in [2.45, 2.75) is 16.9 Å². The van der Waals surface area contributed by atoms with Crippen LogP contribution >= 0.6 is 0 Å². The van der Waals surface area contributed by atoms with E-state index in [9.17, 15) is 13.7 Å². The molecule has 1 N–H and O–H groups in total. The first-order valence-corrected chi connectivity index (χ1v) is 10.9. The van der Waals surface area contributed by atoms with Gasteiger partial charge in [0.15, 0.2) is 0 Å². The summed E-state index contributed by atoms with van der Waals surface area (Å²) < 4.78 is 28.9. The number of nitrogens with one attached hydrogen (secondary N) is 1. The quantitative estimate of drug-likeness (QED) is 0.536. The molecule has 5 rings (SSSR count). The fourth-order valence-corrected chi connectivity index (χ4v) is 5.56. The second kappa shape index (κ2) is 6.79. The maximum atomic E-state index is 12.9. The van der Waals surface area contributed by atoms with Crippen LogP contribution in [0.1, 0.15) is 6.42 Å². The summed E-state index contributed by atoms with van der Waals surface area (Å²) in [6.07, 6.45) is 7.36. The van der Waals surface area contributed by atoms with Crippen LogP contribution in [0.25, 0.3) is 22.2 Å². The molecule has 4 heterocycles. The SMILES string of the molecule is N#CCC1(n2cc(-c3ccnc4[nH]ccc34)cn2)CN(S(=O)(=O)c2ccccc2)C1. The van der Waals surface area contributed by atoms with Gasteiger partial charge in [0.1, 0.15) is 11.2 Å². The number of pyridine rings is 1. The second-order valence-electron chi connectivity index (χ2n) is 7.42. The number of nitrogens with zero attached hydrogens (tertiary/aromatic N) is 5. The van der Waals surface area contributed by atoms with Crippen molar-refractivity contribution in [2.24, 2.45) is 0 Å². The summed E-state index contributed by atoms with van der Waals surface area (Å²) in [5, 5.41) is 14.9. The number of nitriles is 1. The van der Waals surface area contributed by atoms with Gasteiger partial charge in [-0.3, -0.25) is 4.68 Å². The average Bonchev–Trinajstić information content (AvgIpc) is 3.40. The van der Waals surface area contributed by atoms with E-state index in [2.05, 4.69) is 21.1 Å². The van der Waals surface area contributed by atoms with Gasteiger partial charge in [0.05, 0.1) is 23.6 Å². The highest BCUT2D eigenvalue weighted by Gasteiger charge is 2.50. The lowest BCUT2D eigenvalue weighted by molar-refractivity contribution is 0.0717. The van der Waals surface area contributed by atoms with Crippen molar-refractivity contribution in [1.29, 1.82) is 5.26 Å². The van der Waals surface area contributed by atoms with Gasteiger partial charge < -0.3 is 4.98 Å². The Bertz CT molecular complexity index is 1360. The van der Waals surface area contributed by atoms with Crippen molar-refractivity contribution >= 4 is 21.1 Å². The number of benzene rings is 1. The monoisotopic (exact) mass is 418 g/mol. The van der Waals surface area contributed by atoms with Gasteiger partial charge in [-0.05, 0) is 29.8 Å². The van der Waals surface area contributed by atoms with E-state index in [0.29, 0.717) is 0 Å². The summed E-state index contributed by atoms with van der Waals surface area (Å²) in [4.78, 5) is 7.65. The molecule has 0 bridgehead atoms. The normalized spacial score (nSPS) is 16.2. The third-order valence-corrected chi connectivity index (χ3v) is 7.38. The summed E-state index contributed by atoms with van der Waals surface area (Å²) in [5.41, 5.74) is 1.98. The lowest BCUT2D eigenvalue weighted by Crippen LogP contribution is -2.64. The van der Waals surface area contributed by atoms with E-state index >= 15 is 0 Å². The van der Waals surface area contributed by atoms with E-state index in [4.69, 9.17) is 0 Å². The first-order chi connectivity index (χ1) is 14.5. The van der Waals surface area contributed by atoms with Gasteiger partial charge in [-0.1, -0.05) is 18.2 Å². The molecule has 0 amide bonds. The number of sulfonamides is 1. The lowest BCUT2D eigenvalue weighted by atomic mass is 9.89. The van der Waals surface area contributed by atoms with E-state index in [1.807, 2.05) is 24.5 Å². The van der Waals surface area contributed by atoms with Gasteiger partial charge in [-0.25, -0.2) is 13.4 Å². The van der Waals surface area contributed by atoms with Crippen LogP contribution in [0, 0.1) is 11.3 Å². The van der Waals surface area contributed by atoms with Crippen LogP contribution in [0.3, 0.4) is 0 Å². The van der Waals surface area contributed by atoms with Crippen molar-refractivity contribution in [2.75, 3.05) is 13.1 Å². The Morgan fingerprint density at radius 2 is 1.97 bits per heavy atom. The first kappa shape index (κ1) is 18.5. The second-order valence-corrected chi connectivity index (χ2v) is 9.36. The molecule has 0 saturated carbocycles. The number of aromatic amines is 1. The molecule has 1 aromatic carbocycles. The third-order valence-electron chi connectivity index (χ3n) is 5.57. The highest BCUT2D eigenvalue weighted by atomic mass is 32.2. The van der Waals surface area contributed by atoms with Crippen molar-refractivity contribution < 1.29 is 8.42 Å². The summed E-state index contributed by atoms with van der Waals surface area (Å²) in [5.74, 6) is 0. The smallest absolute Gasteiger partial charge is 0.243 e. The van der Waals surface area contributed by atoms with E-state index in [1.165, 1.54) is 4.31 Å². The molecule has 0 atom stereocenters. The zero-order valence-electron chi connectivity index (χ0n) is 15.9. The summed E-state index contributed by atoms with van der Waals surface area (Å²) in [6.45, 7) is 0.406. The van der Waals surface area contributed by atoms with Crippen molar-refractivity contribution in [1.82, 2.24) is 24.1 Å². The predicted molar refractivity (Wildman–Crippen MR) is 111 cm³/mol. The van der Waals surface area contributed by atoms with Crippen LogP contribution in [-0.2, 0) is 15.6 Å². The van der Waals surface area contributed by atoms with Gasteiger partial charge in [0, 0.05) is 42.6 Å². The van der Waals surface area contributed by atoms with Crippen LogP contribution in [0.2, 0.25) is 0 Å². The summed E-state index contributed by atoms with van der Waals surface area (Å²) >= 11 is 0. The number of fused-ring (bicyclic) bond motifs is 1. The fraction of sp³-hybridized carbons (Fsp3) is 0.190. The number of hydrogen-bond donors (Lipinski definition) is 1. The molecule has 30 heavy (non-hydrogen) atoms. The minimum absolute atomic E-state index is 0.171. The maximum absolute atomic E-state index is 12.9. The Labute approximate surface area is 173 Å². The summed E-state index contributed by atoms with van der Waals surface area (Å²) in [6, 6.07) is 14.4. The fourth-order valence-electron chi connectivity index (χ4n) is 3.94. The molecule has 1 saturated heterocycles.